The van der Waals surface area contributed by atoms with Gasteiger partial charge in [-0.3, -0.25) is 4.79 Å². The summed E-state index contributed by atoms with van der Waals surface area (Å²) in [6.07, 6.45) is 2.47. The zero-order chi connectivity index (χ0) is 17.7. The molecule has 1 fully saturated rings. The molecule has 0 spiro atoms. The summed E-state index contributed by atoms with van der Waals surface area (Å²) < 4.78 is 22.3. The lowest BCUT2D eigenvalue weighted by Crippen LogP contribution is -2.27. The van der Waals surface area contributed by atoms with E-state index in [9.17, 15) is 4.79 Å². The van der Waals surface area contributed by atoms with Crippen LogP contribution in [0.5, 0.6) is 0 Å². The molecule has 0 aromatic heterocycles. The number of hydrogen-bond acceptors (Lipinski definition) is 5. The third kappa shape index (κ3) is 8.47. The van der Waals surface area contributed by atoms with Crippen molar-refractivity contribution in [2.75, 3.05) is 46.2 Å². The summed E-state index contributed by atoms with van der Waals surface area (Å²) in [5.41, 5.74) is 1.15. The Morgan fingerprint density at radius 3 is 2.28 bits per heavy atom. The van der Waals surface area contributed by atoms with E-state index in [2.05, 4.69) is 0 Å². The van der Waals surface area contributed by atoms with Gasteiger partial charge in [-0.05, 0) is 24.8 Å². The lowest BCUT2D eigenvalue weighted by Gasteiger charge is -2.20. The van der Waals surface area contributed by atoms with Crippen molar-refractivity contribution in [3.05, 3.63) is 35.9 Å². The molecule has 1 aromatic carbocycles. The highest BCUT2D eigenvalue weighted by atomic mass is 16.5. The van der Waals surface area contributed by atoms with Crippen LogP contribution in [0, 0.1) is 11.8 Å². The second-order valence-electron chi connectivity index (χ2n) is 6.56. The van der Waals surface area contributed by atoms with Gasteiger partial charge < -0.3 is 18.9 Å². The van der Waals surface area contributed by atoms with E-state index in [1.54, 1.807) is 0 Å². The molecule has 0 bridgehead atoms. The van der Waals surface area contributed by atoms with Crippen LogP contribution in [-0.2, 0) is 30.2 Å². The van der Waals surface area contributed by atoms with Gasteiger partial charge in [0.25, 0.3) is 0 Å². The van der Waals surface area contributed by atoms with Crippen molar-refractivity contribution in [3.8, 4) is 0 Å². The molecular weight excluding hydrogens is 320 g/mol. The molecule has 5 nitrogen and oxygen atoms in total. The van der Waals surface area contributed by atoms with Gasteiger partial charge in [0, 0.05) is 32.3 Å². The molecule has 1 aliphatic heterocycles. The van der Waals surface area contributed by atoms with Gasteiger partial charge in [-0.25, -0.2) is 0 Å². The molecule has 1 saturated heterocycles. The fourth-order valence-electron chi connectivity index (χ4n) is 2.67. The van der Waals surface area contributed by atoms with E-state index in [1.807, 2.05) is 37.3 Å². The summed E-state index contributed by atoms with van der Waals surface area (Å²) >= 11 is 0. The molecule has 0 saturated carbocycles. The molecule has 1 atom stereocenters. The Morgan fingerprint density at radius 1 is 1.04 bits per heavy atom. The average Bonchev–Trinajstić information content (AvgIpc) is 2.62. The SMILES string of the molecule is CC(Cc1ccccc1)C(=O)OCC1COCCCOCCCOC1. The minimum atomic E-state index is -0.164. The predicted molar refractivity (Wildman–Crippen MR) is 95.5 cm³/mol. The Hall–Kier alpha value is -1.43. The van der Waals surface area contributed by atoms with Crippen LogP contribution >= 0.6 is 0 Å². The van der Waals surface area contributed by atoms with Crippen LogP contribution in [0.25, 0.3) is 0 Å². The maximum absolute atomic E-state index is 12.2. The Bertz CT molecular complexity index is 464. The Labute approximate surface area is 150 Å². The van der Waals surface area contributed by atoms with E-state index in [4.69, 9.17) is 18.9 Å². The number of rotatable bonds is 5. The first-order valence-electron chi connectivity index (χ1n) is 9.19. The van der Waals surface area contributed by atoms with E-state index >= 15 is 0 Å². The molecule has 25 heavy (non-hydrogen) atoms. The number of carbonyl (C=O) groups is 1. The van der Waals surface area contributed by atoms with Crippen molar-refractivity contribution in [3.63, 3.8) is 0 Å². The first-order valence-corrected chi connectivity index (χ1v) is 9.19. The van der Waals surface area contributed by atoms with E-state index < -0.39 is 0 Å². The van der Waals surface area contributed by atoms with Crippen LogP contribution in [0.4, 0.5) is 0 Å². The lowest BCUT2D eigenvalue weighted by molar-refractivity contribution is -0.150. The highest BCUT2D eigenvalue weighted by molar-refractivity contribution is 5.72. The van der Waals surface area contributed by atoms with Crippen molar-refractivity contribution < 1.29 is 23.7 Å². The monoisotopic (exact) mass is 350 g/mol. The van der Waals surface area contributed by atoms with Gasteiger partial charge in [-0.2, -0.15) is 0 Å². The maximum atomic E-state index is 12.2. The molecule has 0 N–H and O–H groups in total. The molecule has 1 aromatic rings. The Morgan fingerprint density at radius 2 is 1.64 bits per heavy atom. The first-order chi connectivity index (χ1) is 12.3. The molecule has 1 aliphatic rings. The number of benzene rings is 1. The van der Waals surface area contributed by atoms with Gasteiger partial charge in [0.1, 0.15) is 0 Å². The minimum absolute atomic E-state index is 0.0771. The van der Waals surface area contributed by atoms with Gasteiger partial charge in [-0.1, -0.05) is 37.3 Å². The molecule has 140 valence electrons. The number of hydrogen-bond donors (Lipinski definition) is 0. The third-order valence-electron chi connectivity index (χ3n) is 4.11. The summed E-state index contributed by atoms with van der Waals surface area (Å²) in [5, 5.41) is 0. The second-order valence-corrected chi connectivity index (χ2v) is 6.56. The zero-order valence-electron chi connectivity index (χ0n) is 15.2. The zero-order valence-corrected chi connectivity index (χ0v) is 15.2. The average molecular weight is 350 g/mol. The summed E-state index contributed by atoms with van der Waals surface area (Å²) in [6.45, 7) is 6.09. The number of carbonyl (C=O) groups excluding carboxylic acids is 1. The summed E-state index contributed by atoms with van der Waals surface area (Å²) in [7, 11) is 0. The van der Waals surface area contributed by atoms with Crippen LogP contribution in [0.3, 0.4) is 0 Å². The number of ether oxygens (including phenoxy) is 4. The largest absolute Gasteiger partial charge is 0.465 e. The molecule has 0 amide bonds. The van der Waals surface area contributed by atoms with Crippen molar-refractivity contribution in [1.82, 2.24) is 0 Å². The quantitative estimate of drug-likeness (QED) is 0.765. The summed E-state index contributed by atoms with van der Waals surface area (Å²) in [5.74, 6) is -0.246. The Kier molecular flexibility index (Phi) is 9.55. The Balaban J connectivity index is 1.73. The number of esters is 1. The van der Waals surface area contributed by atoms with Crippen molar-refractivity contribution in [2.24, 2.45) is 11.8 Å². The molecular formula is C20H30O5. The normalized spacial score (nSPS) is 19.4. The van der Waals surface area contributed by atoms with Crippen LogP contribution in [-0.4, -0.2) is 52.2 Å². The van der Waals surface area contributed by atoms with E-state index in [0.29, 0.717) is 39.5 Å². The van der Waals surface area contributed by atoms with Crippen molar-refractivity contribution in [1.29, 1.82) is 0 Å². The fourth-order valence-corrected chi connectivity index (χ4v) is 2.67. The van der Waals surface area contributed by atoms with Crippen molar-refractivity contribution in [2.45, 2.75) is 26.2 Å². The molecule has 5 heteroatoms. The molecule has 2 rings (SSSR count). The van der Waals surface area contributed by atoms with E-state index in [0.717, 1.165) is 31.6 Å². The molecule has 1 unspecified atom stereocenters. The van der Waals surface area contributed by atoms with Gasteiger partial charge in [0.15, 0.2) is 0 Å². The maximum Gasteiger partial charge on any atom is 0.308 e. The van der Waals surface area contributed by atoms with Gasteiger partial charge in [-0.15, -0.1) is 0 Å². The van der Waals surface area contributed by atoms with E-state index in [-0.39, 0.29) is 17.8 Å². The first kappa shape index (κ1) is 19.9. The standard InChI is InChI=1S/C20H30O5/c1-17(13-18-7-3-2-4-8-18)20(21)25-16-19-14-23-11-5-9-22-10-6-12-24-15-19/h2-4,7-8,17,19H,5-6,9-16H2,1H3. The topological polar surface area (TPSA) is 54.0 Å². The highest BCUT2D eigenvalue weighted by Gasteiger charge is 2.18. The highest BCUT2D eigenvalue weighted by Crippen LogP contribution is 2.11. The summed E-state index contributed by atoms with van der Waals surface area (Å²) in [6, 6.07) is 10.0. The fraction of sp³-hybridized carbons (Fsp3) is 0.650. The molecule has 0 aliphatic carbocycles. The van der Waals surface area contributed by atoms with E-state index in [1.165, 1.54) is 0 Å². The molecule has 0 radical (unpaired) electrons. The third-order valence-corrected chi connectivity index (χ3v) is 4.11. The van der Waals surface area contributed by atoms with Crippen LogP contribution in [0.15, 0.2) is 30.3 Å². The van der Waals surface area contributed by atoms with Gasteiger partial charge >= 0.3 is 5.97 Å². The summed E-state index contributed by atoms with van der Waals surface area (Å²) in [4.78, 5) is 12.2. The predicted octanol–water partition coefficient (Wildman–Crippen LogP) is 2.87. The van der Waals surface area contributed by atoms with Crippen LogP contribution in [0.2, 0.25) is 0 Å². The van der Waals surface area contributed by atoms with Gasteiger partial charge in [0.2, 0.25) is 0 Å². The lowest BCUT2D eigenvalue weighted by atomic mass is 10.0. The smallest absolute Gasteiger partial charge is 0.308 e. The van der Waals surface area contributed by atoms with Crippen LogP contribution in [0.1, 0.15) is 25.3 Å². The van der Waals surface area contributed by atoms with Gasteiger partial charge in [0.05, 0.1) is 25.7 Å². The minimum Gasteiger partial charge on any atom is -0.465 e. The van der Waals surface area contributed by atoms with Crippen LogP contribution < -0.4 is 0 Å². The second kappa shape index (κ2) is 12.0. The van der Waals surface area contributed by atoms with Crippen molar-refractivity contribution >= 4 is 5.97 Å². The molecule has 1 heterocycles.